The molecular weight excluding hydrogens is 220 g/mol. The van der Waals surface area contributed by atoms with E-state index in [0.717, 1.165) is 0 Å². The van der Waals surface area contributed by atoms with Crippen LogP contribution in [0, 0.1) is 0 Å². The normalized spacial score (nSPS) is 11.1. The maximum Gasteiger partial charge on any atom is 0.279 e. The molecule has 17 heavy (non-hydrogen) atoms. The topological polar surface area (TPSA) is 81.4 Å². The Morgan fingerprint density at radius 2 is 2.18 bits per heavy atom. The van der Waals surface area contributed by atoms with Crippen molar-refractivity contribution in [3.8, 4) is 0 Å². The average Bonchev–Trinajstić information content (AvgIpc) is 2.95. The summed E-state index contributed by atoms with van der Waals surface area (Å²) in [6, 6.07) is 1.87. The van der Waals surface area contributed by atoms with E-state index in [1.807, 2.05) is 16.9 Å². The summed E-state index contributed by atoms with van der Waals surface area (Å²) in [6.07, 6.45) is 6.75. The van der Waals surface area contributed by atoms with Crippen LogP contribution in [0.1, 0.15) is 0 Å². The fourth-order valence-electron chi connectivity index (χ4n) is 1.65. The Morgan fingerprint density at radius 1 is 1.29 bits per heavy atom. The summed E-state index contributed by atoms with van der Waals surface area (Å²) in [4.78, 5) is 18.0. The number of hydrogen-bond acceptors (Lipinski definition) is 4. The maximum atomic E-state index is 11.4. The van der Waals surface area contributed by atoms with Gasteiger partial charge in [0.2, 0.25) is 0 Å². The van der Waals surface area contributed by atoms with Crippen molar-refractivity contribution in [2.75, 3.05) is 0 Å². The van der Waals surface area contributed by atoms with Gasteiger partial charge in [0.05, 0.1) is 25.6 Å². The van der Waals surface area contributed by atoms with E-state index in [4.69, 9.17) is 0 Å². The van der Waals surface area contributed by atoms with Crippen LogP contribution >= 0.6 is 0 Å². The molecule has 0 aliphatic heterocycles. The molecular formula is C10H10N6O. The second kappa shape index (κ2) is 3.85. The van der Waals surface area contributed by atoms with E-state index < -0.39 is 0 Å². The van der Waals surface area contributed by atoms with Gasteiger partial charge in [-0.2, -0.15) is 10.2 Å². The van der Waals surface area contributed by atoms with E-state index in [1.54, 1.807) is 17.1 Å². The number of aromatic nitrogens is 6. The number of rotatable bonds is 3. The third-order valence-electron chi connectivity index (χ3n) is 2.47. The van der Waals surface area contributed by atoms with Crippen LogP contribution in [0.5, 0.6) is 0 Å². The van der Waals surface area contributed by atoms with Crippen molar-refractivity contribution in [2.45, 2.75) is 13.1 Å². The van der Waals surface area contributed by atoms with Gasteiger partial charge in [0.1, 0.15) is 5.52 Å². The number of nitrogens with one attached hydrogen (secondary N) is 1. The smallest absolute Gasteiger partial charge is 0.279 e. The maximum absolute atomic E-state index is 11.4. The molecule has 86 valence electrons. The highest BCUT2D eigenvalue weighted by atomic mass is 16.1. The van der Waals surface area contributed by atoms with Gasteiger partial charge in [-0.05, 0) is 6.07 Å². The Morgan fingerprint density at radius 3 is 2.94 bits per heavy atom. The third-order valence-corrected chi connectivity index (χ3v) is 2.47. The third kappa shape index (κ3) is 1.82. The van der Waals surface area contributed by atoms with Crippen LogP contribution in [0.2, 0.25) is 0 Å². The summed E-state index contributed by atoms with van der Waals surface area (Å²) in [6.45, 7) is 1.36. The van der Waals surface area contributed by atoms with Gasteiger partial charge < -0.3 is 4.98 Å². The first kappa shape index (κ1) is 9.76. The van der Waals surface area contributed by atoms with E-state index in [9.17, 15) is 4.79 Å². The number of H-pyrrole nitrogens is 1. The van der Waals surface area contributed by atoms with E-state index >= 15 is 0 Å². The molecule has 7 nitrogen and oxygen atoms in total. The van der Waals surface area contributed by atoms with Crippen molar-refractivity contribution in [1.29, 1.82) is 0 Å². The van der Waals surface area contributed by atoms with Crippen LogP contribution in [-0.2, 0) is 13.1 Å². The summed E-state index contributed by atoms with van der Waals surface area (Å²) >= 11 is 0. The lowest BCUT2D eigenvalue weighted by Gasteiger charge is -2.00. The molecule has 0 bridgehead atoms. The molecule has 0 saturated heterocycles. The first-order valence-corrected chi connectivity index (χ1v) is 5.21. The predicted molar refractivity (Wildman–Crippen MR) is 60.4 cm³/mol. The lowest BCUT2D eigenvalue weighted by atomic mass is 10.5. The standard InChI is InChI=1S/C10H10N6O/c17-10-9-8(11-7-12-10)6-16(14-9)5-4-15-3-1-2-13-15/h1-3,6-7H,4-5H2,(H,11,12,17). The molecule has 3 aromatic heterocycles. The largest absolute Gasteiger partial charge is 0.311 e. The molecule has 7 heteroatoms. The minimum Gasteiger partial charge on any atom is -0.311 e. The quantitative estimate of drug-likeness (QED) is 0.687. The highest BCUT2D eigenvalue weighted by Gasteiger charge is 2.04. The molecule has 0 fully saturated rings. The van der Waals surface area contributed by atoms with Gasteiger partial charge in [0.15, 0.2) is 5.52 Å². The van der Waals surface area contributed by atoms with E-state index in [1.165, 1.54) is 6.33 Å². The van der Waals surface area contributed by atoms with Crippen LogP contribution in [0.3, 0.4) is 0 Å². The second-order valence-corrected chi connectivity index (χ2v) is 3.63. The molecule has 0 aromatic carbocycles. The zero-order chi connectivity index (χ0) is 11.7. The summed E-state index contributed by atoms with van der Waals surface area (Å²) < 4.78 is 3.51. The highest BCUT2D eigenvalue weighted by molar-refractivity contribution is 5.71. The summed E-state index contributed by atoms with van der Waals surface area (Å²) in [5.41, 5.74) is 0.759. The number of fused-ring (bicyclic) bond motifs is 1. The van der Waals surface area contributed by atoms with Crippen molar-refractivity contribution < 1.29 is 0 Å². The zero-order valence-electron chi connectivity index (χ0n) is 8.95. The molecule has 0 atom stereocenters. The Labute approximate surface area is 95.7 Å². The Kier molecular flexibility index (Phi) is 2.21. The van der Waals surface area contributed by atoms with Crippen molar-refractivity contribution in [2.24, 2.45) is 0 Å². The molecule has 0 unspecified atom stereocenters. The highest BCUT2D eigenvalue weighted by Crippen LogP contribution is 2.02. The molecule has 3 aromatic rings. The number of aromatic amines is 1. The molecule has 0 saturated carbocycles. The minimum atomic E-state index is -0.215. The van der Waals surface area contributed by atoms with Gasteiger partial charge in [-0.25, -0.2) is 4.98 Å². The molecule has 1 N–H and O–H groups in total. The van der Waals surface area contributed by atoms with E-state index in [0.29, 0.717) is 24.1 Å². The van der Waals surface area contributed by atoms with Crippen LogP contribution < -0.4 is 5.56 Å². The average molecular weight is 230 g/mol. The molecule has 0 aliphatic carbocycles. The lowest BCUT2D eigenvalue weighted by Crippen LogP contribution is -2.09. The van der Waals surface area contributed by atoms with E-state index in [2.05, 4.69) is 20.2 Å². The first-order chi connectivity index (χ1) is 8.33. The Bertz CT molecular complexity index is 680. The van der Waals surface area contributed by atoms with Gasteiger partial charge in [-0.3, -0.25) is 14.2 Å². The summed E-state index contributed by atoms with van der Waals surface area (Å²) in [7, 11) is 0. The SMILES string of the molecule is O=c1[nH]cnc2cn(CCn3cccn3)nc12. The summed E-state index contributed by atoms with van der Waals surface area (Å²) in [5, 5.41) is 8.28. The van der Waals surface area contributed by atoms with Crippen LogP contribution in [-0.4, -0.2) is 29.5 Å². The summed E-state index contributed by atoms with van der Waals surface area (Å²) in [5.74, 6) is 0. The van der Waals surface area contributed by atoms with Crippen LogP contribution in [0.15, 0.2) is 35.8 Å². The van der Waals surface area contributed by atoms with Crippen molar-refractivity contribution >= 4 is 11.0 Å². The molecule has 3 rings (SSSR count). The Hall–Kier alpha value is -2.44. The second-order valence-electron chi connectivity index (χ2n) is 3.63. The molecule has 0 amide bonds. The molecule has 0 aliphatic rings. The monoisotopic (exact) mass is 230 g/mol. The zero-order valence-corrected chi connectivity index (χ0v) is 8.95. The van der Waals surface area contributed by atoms with Gasteiger partial charge in [-0.15, -0.1) is 0 Å². The van der Waals surface area contributed by atoms with Gasteiger partial charge in [0, 0.05) is 12.4 Å². The molecule has 0 spiro atoms. The molecule has 3 heterocycles. The predicted octanol–water partition coefficient (Wildman–Crippen LogP) is 0.0163. The van der Waals surface area contributed by atoms with Crippen LogP contribution in [0.25, 0.3) is 11.0 Å². The van der Waals surface area contributed by atoms with E-state index in [-0.39, 0.29) is 5.56 Å². The number of nitrogens with zero attached hydrogens (tertiary/aromatic N) is 5. The Balaban J connectivity index is 1.86. The minimum absolute atomic E-state index is 0.215. The van der Waals surface area contributed by atoms with Gasteiger partial charge >= 0.3 is 0 Å². The number of aryl methyl sites for hydroxylation is 2. The van der Waals surface area contributed by atoms with Crippen molar-refractivity contribution in [3.05, 3.63) is 41.3 Å². The van der Waals surface area contributed by atoms with Gasteiger partial charge in [0.25, 0.3) is 5.56 Å². The lowest BCUT2D eigenvalue weighted by molar-refractivity contribution is 0.502. The fourth-order valence-corrected chi connectivity index (χ4v) is 1.65. The molecule has 0 radical (unpaired) electrons. The van der Waals surface area contributed by atoms with Crippen molar-refractivity contribution in [1.82, 2.24) is 29.5 Å². The fraction of sp³-hybridized carbons (Fsp3) is 0.200. The van der Waals surface area contributed by atoms with Crippen LogP contribution in [0.4, 0.5) is 0 Å². The van der Waals surface area contributed by atoms with Gasteiger partial charge in [-0.1, -0.05) is 0 Å². The first-order valence-electron chi connectivity index (χ1n) is 5.21. The van der Waals surface area contributed by atoms with Crippen molar-refractivity contribution in [3.63, 3.8) is 0 Å². The number of hydrogen-bond donors (Lipinski definition) is 1.